The van der Waals surface area contributed by atoms with Crippen molar-refractivity contribution in [3.63, 3.8) is 0 Å². The van der Waals surface area contributed by atoms with Crippen LogP contribution in [0.1, 0.15) is 16.1 Å². The summed E-state index contributed by atoms with van der Waals surface area (Å²) in [5.74, 6) is -2.10. The van der Waals surface area contributed by atoms with Crippen molar-refractivity contribution in [1.29, 1.82) is 0 Å². The molecule has 0 aliphatic carbocycles. The van der Waals surface area contributed by atoms with Gasteiger partial charge in [-0.3, -0.25) is 10.1 Å². The minimum absolute atomic E-state index is 0.0639. The molecule has 7 nitrogen and oxygen atoms in total. The molecule has 0 bridgehead atoms. The van der Waals surface area contributed by atoms with Crippen LogP contribution in [0.5, 0.6) is 0 Å². The molecule has 24 heavy (non-hydrogen) atoms. The average molecular weight is 365 g/mol. The first-order valence-electron chi connectivity index (χ1n) is 6.13. The summed E-state index contributed by atoms with van der Waals surface area (Å²) in [7, 11) is 0.837. The van der Waals surface area contributed by atoms with E-state index in [1.165, 1.54) is 24.3 Å². The van der Waals surface area contributed by atoms with Crippen molar-refractivity contribution in [1.82, 2.24) is 4.73 Å². The maximum atomic E-state index is 13.3. The molecular formula is C13H8ClF3N2O5. The van der Waals surface area contributed by atoms with Gasteiger partial charge in [0.2, 0.25) is 0 Å². The molecule has 128 valence electrons. The van der Waals surface area contributed by atoms with Crippen molar-refractivity contribution < 1.29 is 32.8 Å². The number of hydrogen-bond donors (Lipinski definition) is 1. The topological polar surface area (TPSA) is 94.6 Å². The number of benzene rings is 1. The average Bonchev–Trinajstić information content (AvgIpc) is 2.83. The van der Waals surface area contributed by atoms with Gasteiger partial charge in [-0.25, -0.2) is 4.79 Å². The second kappa shape index (κ2) is 6.04. The maximum Gasteiger partial charge on any atom is 0.435 e. The Kier molecular flexibility index (Phi) is 4.43. The second-order valence-electron chi connectivity index (χ2n) is 4.46. The summed E-state index contributed by atoms with van der Waals surface area (Å²) in [6.45, 7) is 0. The molecular weight excluding hydrogens is 357 g/mol. The van der Waals surface area contributed by atoms with E-state index in [0.717, 1.165) is 7.11 Å². The SMILES string of the molecule is COn1c(-c2ccc(Cl)cc2)c([N+](=O)[O-])c(C(=O)O)c1C(F)(F)F. The van der Waals surface area contributed by atoms with Gasteiger partial charge in [-0.05, 0) is 12.1 Å². The predicted molar refractivity (Wildman–Crippen MR) is 76.0 cm³/mol. The summed E-state index contributed by atoms with van der Waals surface area (Å²) in [4.78, 5) is 26.0. The van der Waals surface area contributed by atoms with Crippen LogP contribution in [0, 0.1) is 10.1 Å². The zero-order chi connectivity index (χ0) is 18.2. The molecule has 0 saturated heterocycles. The first-order chi connectivity index (χ1) is 11.1. The van der Waals surface area contributed by atoms with Crippen LogP contribution in [0.2, 0.25) is 5.02 Å². The van der Waals surface area contributed by atoms with Gasteiger partial charge in [0.15, 0.2) is 17.0 Å². The van der Waals surface area contributed by atoms with Crippen LogP contribution in [0.15, 0.2) is 24.3 Å². The van der Waals surface area contributed by atoms with Gasteiger partial charge in [0.1, 0.15) is 7.11 Å². The van der Waals surface area contributed by atoms with E-state index in [0.29, 0.717) is 0 Å². The molecule has 0 amide bonds. The number of halogens is 4. The lowest BCUT2D eigenvalue weighted by Gasteiger charge is -2.12. The van der Waals surface area contributed by atoms with Crippen LogP contribution in [-0.2, 0) is 6.18 Å². The van der Waals surface area contributed by atoms with Crippen LogP contribution in [-0.4, -0.2) is 27.8 Å². The Morgan fingerprint density at radius 3 is 2.25 bits per heavy atom. The Morgan fingerprint density at radius 2 is 1.88 bits per heavy atom. The fraction of sp³-hybridized carbons (Fsp3) is 0.154. The highest BCUT2D eigenvalue weighted by atomic mass is 35.5. The van der Waals surface area contributed by atoms with Gasteiger partial charge in [-0.2, -0.15) is 17.9 Å². The van der Waals surface area contributed by atoms with E-state index in [4.69, 9.17) is 16.7 Å². The molecule has 0 unspecified atom stereocenters. The summed E-state index contributed by atoms with van der Waals surface area (Å²) in [6, 6.07) is 5.01. The Bertz CT molecular complexity index is 814. The molecule has 0 fully saturated rings. The van der Waals surface area contributed by atoms with Gasteiger partial charge in [-0.1, -0.05) is 23.7 Å². The van der Waals surface area contributed by atoms with E-state index >= 15 is 0 Å². The summed E-state index contributed by atoms with van der Waals surface area (Å²) in [5, 5.41) is 20.6. The molecule has 0 radical (unpaired) electrons. The largest absolute Gasteiger partial charge is 0.477 e. The number of nitrogens with zero attached hydrogens (tertiary/aromatic N) is 2. The van der Waals surface area contributed by atoms with E-state index in [2.05, 4.69) is 4.84 Å². The third-order valence-corrected chi connectivity index (χ3v) is 3.32. The van der Waals surface area contributed by atoms with Crippen LogP contribution >= 0.6 is 11.6 Å². The molecule has 0 saturated carbocycles. The van der Waals surface area contributed by atoms with Crippen molar-refractivity contribution in [2.24, 2.45) is 0 Å². The highest BCUT2D eigenvalue weighted by molar-refractivity contribution is 6.30. The summed E-state index contributed by atoms with van der Waals surface area (Å²) in [6.07, 6.45) is -5.20. The van der Waals surface area contributed by atoms with Gasteiger partial charge < -0.3 is 9.94 Å². The number of rotatable bonds is 4. The van der Waals surface area contributed by atoms with Crippen molar-refractivity contribution in [2.45, 2.75) is 6.18 Å². The molecule has 11 heteroatoms. The molecule has 1 aromatic heterocycles. The number of nitro groups is 1. The number of hydrogen-bond acceptors (Lipinski definition) is 4. The highest BCUT2D eigenvalue weighted by Crippen LogP contribution is 2.44. The zero-order valence-electron chi connectivity index (χ0n) is 11.8. The highest BCUT2D eigenvalue weighted by Gasteiger charge is 2.48. The summed E-state index contributed by atoms with van der Waals surface area (Å²) < 4.78 is 39.9. The standard InChI is InChI=1S/C13H8ClF3N2O5/c1-24-18-9(6-2-4-7(14)5-3-6)10(19(22)23)8(12(20)21)11(18)13(15,16)17/h2-5H,1H3,(H,20,21). The number of aromatic carboxylic acids is 1. The second-order valence-corrected chi connectivity index (χ2v) is 4.90. The number of alkyl halides is 3. The fourth-order valence-corrected chi connectivity index (χ4v) is 2.35. The van der Waals surface area contributed by atoms with Gasteiger partial charge >= 0.3 is 17.8 Å². The van der Waals surface area contributed by atoms with Crippen molar-refractivity contribution in [3.05, 3.63) is 50.7 Å². The third-order valence-electron chi connectivity index (χ3n) is 3.07. The molecule has 1 heterocycles. The molecule has 0 atom stereocenters. The van der Waals surface area contributed by atoms with E-state index in [1.807, 2.05) is 0 Å². The molecule has 0 aliphatic rings. The molecule has 0 spiro atoms. The first kappa shape index (κ1) is 17.6. The number of aromatic nitrogens is 1. The maximum absolute atomic E-state index is 13.3. The van der Waals surface area contributed by atoms with E-state index in [1.54, 1.807) is 0 Å². The zero-order valence-corrected chi connectivity index (χ0v) is 12.6. The molecule has 2 aromatic rings. The van der Waals surface area contributed by atoms with Gasteiger partial charge in [0.05, 0.1) is 4.92 Å². The quantitative estimate of drug-likeness (QED) is 0.662. The Balaban J connectivity index is 3.00. The molecule has 1 aromatic carbocycles. The third kappa shape index (κ3) is 2.87. The van der Waals surface area contributed by atoms with Crippen molar-refractivity contribution >= 4 is 23.3 Å². The van der Waals surface area contributed by atoms with Gasteiger partial charge in [-0.15, -0.1) is 0 Å². The smallest absolute Gasteiger partial charge is 0.435 e. The monoisotopic (exact) mass is 364 g/mol. The van der Waals surface area contributed by atoms with Gasteiger partial charge in [0, 0.05) is 10.6 Å². The van der Waals surface area contributed by atoms with Crippen LogP contribution in [0.3, 0.4) is 0 Å². The number of carboxylic acids is 1. The number of carbonyl (C=O) groups is 1. The minimum Gasteiger partial charge on any atom is -0.477 e. The van der Waals surface area contributed by atoms with Crippen LogP contribution in [0.4, 0.5) is 18.9 Å². The Hall–Kier alpha value is -2.75. The van der Waals surface area contributed by atoms with Gasteiger partial charge in [0.25, 0.3) is 0 Å². The van der Waals surface area contributed by atoms with Crippen LogP contribution < -0.4 is 4.84 Å². The molecule has 1 N–H and O–H groups in total. The lowest BCUT2D eigenvalue weighted by molar-refractivity contribution is -0.384. The summed E-state index contributed by atoms with van der Waals surface area (Å²) in [5.41, 5.74) is -5.22. The summed E-state index contributed by atoms with van der Waals surface area (Å²) >= 11 is 5.69. The van der Waals surface area contributed by atoms with Crippen molar-refractivity contribution in [3.8, 4) is 11.3 Å². The lowest BCUT2D eigenvalue weighted by atomic mass is 10.1. The fourth-order valence-electron chi connectivity index (χ4n) is 2.22. The minimum atomic E-state index is -5.20. The predicted octanol–water partition coefficient (Wildman–Crippen LogP) is 3.49. The van der Waals surface area contributed by atoms with Crippen molar-refractivity contribution in [2.75, 3.05) is 7.11 Å². The van der Waals surface area contributed by atoms with E-state index in [-0.39, 0.29) is 15.3 Å². The van der Waals surface area contributed by atoms with E-state index in [9.17, 15) is 28.1 Å². The molecule has 2 rings (SSSR count). The Labute approximate surface area is 136 Å². The lowest BCUT2D eigenvalue weighted by Crippen LogP contribution is -2.21. The molecule has 0 aliphatic heterocycles. The normalized spacial score (nSPS) is 11.4. The first-order valence-corrected chi connectivity index (χ1v) is 6.51. The Morgan fingerprint density at radius 1 is 1.33 bits per heavy atom. The van der Waals surface area contributed by atoms with Crippen LogP contribution in [0.25, 0.3) is 11.3 Å². The number of carboxylic acid groups (broad SMARTS) is 1. The van der Waals surface area contributed by atoms with E-state index < -0.39 is 39.7 Å².